The van der Waals surface area contributed by atoms with Crippen LogP contribution in [0.1, 0.15) is 37.7 Å². The first kappa shape index (κ1) is 12.5. The van der Waals surface area contributed by atoms with Crippen LogP contribution in [-0.2, 0) is 0 Å². The number of rotatable bonds is 5. The third kappa shape index (κ3) is 3.88. The Morgan fingerprint density at radius 1 is 1.44 bits per heavy atom. The molecule has 0 atom stereocenters. The molecule has 0 bridgehead atoms. The van der Waals surface area contributed by atoms with E-state index in [2.05, 4.69) is 22.5 Å². The number of carbonyl (C=O) groups is 1. The van der Waals surface area contributed by atoms with E-state index in [0.717, 1.165) is 18.7 Å². The summed E-state index contributed by atoms with van der Waals surface area (Å²) >= 11 is 0. The van der Waals surface area contributed by atoms with E-state index in [1.54, 1.807) is 12.3 Å². The lowest BCUT2D eigenvalue weighted by molar-refractivity contribution is 0.0938. The third-order valence-electron chi connectivity index (χ3n) is 2.00. The summed E-state index contributed by atoms with van der Waals surface area (Å²) in [5.41, 5.74) is 1.40. The van der Waals surface area contributed by atoms with E-state index in [1.165, 1.54) is 0 Å². The lowest BCUT2D eigenvalue weighted by Crippen LogP contribution is -2.30. The van der Waals surface area contributed by atoms with Crippen molar-refractivity contribution in [2.24, 2.45) is 0 Å². The molecule has 1 heterocycles. The van der Waals surface area contributed by atoms with Gasteiger partial charge in [0.2, 0.25) is 0 Å². The minimum absolute atomic E-state index is 0.128. The molecule has 0 aliphatic rings. The number of nitrogens with one attached hydrogen (secondary N) is 2. The third-order valence-corrected chi connectivity index (χ3v) is 2.00. The maximum Gasteiger partial charge on any atom is 0.270 e. The second-order valence-electron chi connectivity index (χ2n) is 3.99. The lowest BCUT2D eigenvalue weighted by atomic mass is 10.3. The molecular formula is C12H19N3O. The number of nitrogens with zero attached hydrogens (tertiary/aromatic N) is 1. The quantitative estimate of drug-likeness (QED) is 0.800. The van der Waals surface area contributed by atoms with Gasteiger partial charge in [-0.3, -0.25) is 4.79 Å². The van der Waals surface area contributed by atoms with Crippen LogP contribution in [0.4, 0.5) is 5.69 Å². The maximum absolute atomic E-state index is 11.6. The van der Waals surface area contributed by atoms with Crippen LogP contribution in [0.15, 0.2) is 18.3 Å². The smallest absolute Gasteiger partial charge is 0.270 e. The first-order chi connectivity index (χ1) is 7.63. The molecule has 1 amide bonds. The monoisotopic (exact) mass is 221 g/mol. The molecule has 0 unspecified atom stereocenters. The van der Waals surface area contributed by atoms with Gasteiger partial charge >= 0.3 is 0 Å². The predicted molar refractivity (Wildman–Crippen MR) is 65.6 cm³/mol. The van der Waals surface area contributed by atoms with Gasteiger partial charge in [-0.2, -0.15) is 0 Å². The molecule has 0 radical (unpaired) electrons. The normalized spacial score (nSPS) is 10.2. The first-order valence-corrected chi connectivity index (χ1v) is 5.64. The van der Waals surface area contributed by atoms with Gasteiger partial charge in [0.05, 0.1) is 11.9 Å². The Morgan fingerprint density at radius 3 is 2.69 bits per heavy atom. The average molecular weight is 221 g/mol. The molecule has 0 aliphatic carbocycles. The molecule has 4 heteroatoms. The summed E-state index contributed by atoms with van der Waals surface area (Å²) in [4.78, 5) is 15.7. The average Bonchev–Trinajstić information content (AvgIpc) is 2.26. The maximum atomic E-state index is 11.6. The van der Waals surface area contributed by atoms with Gasteiger partial charge in [-0.1, -0.05) is 6.92 Å². The molecular weight excluding hydrogens is 202 g/mol. The minimum Gasteiger partial charge on any atom is -0.384 e. The molecule has 1 rings (SSSR count). The molecule has 16 heavy (non-hydrogen) atoms. The fourth-order valence-electron chi connectivity index (χ4n) is 1.24. The largest absolute Gasteiger partial charge is 0.384 e. The number of carbonyl (C=O) groups excluding carboxylic acids is 1. The van der Waals surface area contributed by atoms with Gasteiger partial charge in [0.1, 0.15) is 5.69 Å². The second-order valence-corrected chi connectivity index (χ2v) is 3.99. The number of aromatic nitrogens is 1. The highest BCUT2D eigenvalue weighted by molar-refractivity contribution is 5.92. The van der Waals surface area contributed by atoms with Crippen molar-refractivity contribution in [3.8, 4) is 0 Å². The Bertz CT molecular complexity index is 333. The second kappa shape index (κ2) is 6.10. The standard InChI is InChI=1S/C12H19N3O/c1-4-7-13-10-5-6-11(14-8-10)12(16)15-9(2)3/h5-6,8-9,13H,4,7H2,1-3H3,(H,15,16). The van der Waals surface area contributed by atoms with Crippen molar-refractivity contribution in [2.45, 2.75) is 33.2 Å². The Labute approximate surface area is 96.5 Å². The molecule has 0 aliphatic heterocycles. The molecule has 1 aromatic heterocycles. The van der Waals surface area contributed by atoms with E-state index >= 15 is 0 Å². The molecule has 0 fully saturated rings. The van der Waals surface area contributed by atoms with Crippen LogP contribution in [0.25, 0.3) is 0 Å². The number of pyridine rings is 1. The van der Waals surface area contributed by atoms with Gasteiger partial charge < -0.3 is 10.6 Å². The van der Waals surface area contributed by atoms with Crippen molar-refractivity contribution in [3.63, 3.8) is 0 Å². The van der Waals surface area contributed by atoms with Gasteiger partial charge in [-0.05, 0) is 32.4 Å². The SMILES string of the molecule is CCCNc1ccc(C(=O)NC(C)C)nc1. The summed E-state index contributed by atoms with van der Waals surface area (Å²) in [6.45, 7) is 6.87. The Kier molecular flexibility index (Phi) is 4.76. The first-order valence-electron chi connectivity index (χ1n) is 5.64. The van der Waals surface area contributed by atoms with E-state index in [0.29, 0.717) is 5.69 Å². The van der Waals surface area contributed by atoms with Crippen LogP contribution in [0.5, 0.6) is 0 Å². The molecule has 0 saturated heterocycles. The molecule has 1 aromatic rings. The van der Waals surface area contributed by atoms with E-state index in [1.807, 2.05) is 19.9 Å². The van der Waals surface area contributed by atoms with Gasteiger partial charge in [0, 0.05) is 12.6 Å². The van der Waals surface area contributed by atoms with Crippen LogP contribution in [0, 0.1) is 0 Å². The van der Waals surface area contributed by atoms with Gasteiger partial charge in [-0.15, -0.1) is 0 Å². The molecule has 88 valence electrons. The van der Waals surface area contributed by atoms with Crippen LogP contribution in [0.2, 0.25) is 0 Å². The zero-order chi connectivity index (χ0) is 12.0. The Morgan fingerprint density at radius 2 is 2.19 bits per heavy atom. The zero-order valence-corrected chi connectivity index (χ0v) is 10.1. The molecule has 4 nitrogen and oxygen atoms in total. The summed E-state index contributed by atoms with van der Waals surface area (Å²) in [5, 5.41) is 6.01. The van der Waals surface area contributed by atoms with E-state index in [4.69, 9.17) is 0 Å². The Balaban J connectivity index is 2.60. The van der Waals surface area contributed by atoms with E-state index in [-0.39, 0.29) is 11.9 Å². The fourth-order valence-corrected chi connectivity index (χ4v) is 1.24. The van der Waals surface area contributed by atoms with Gasteiger partial charge in [-0.25, -0.2) is 4.98 Å². The number of anilines is 1. The summed E-state index contributed by atoms with van der Waals surface area (Å²) in [7, 11) is 0. The summed E-state index contributed by atoms with van der Waals surface area (Å²) in [6, 6.07) is 3.74. The van der Waals surface area contributed by atoms with Crippen molar-refractivity contribution in [1.82, 2.24) is 10.3 Å². The fraction of sp³-hybridized carbons (Fsp3) is 0.500. The Hall–Kier alpha value is -1.58. The zero-order valence-electron chi connectivity index (χ0n) is 10.1. The van der Waals surface area contributed by atoms with Crippen LogP contribution < -0.4 is 10.6 Å². The van der Waals surface area contributed by atoms with Crippen LogP contribution in [-0.4, -0.2) is 23.5 Å². The van der Waals surface area contributed by atoms with Crippen LogP contribution in [0.3, 0.4) is 0 Å². The predicted octanol–water partition coefficient (Wildman–Crippen LogP) is 2.04. The molecule has 0 saturated carbocycles. The highest BCUT2D eigenvalue weighted by atomic mass is 16.1. The van der Waals surface area contributed by atoms with E-state index < -0.39 is 0 Å². The van der Waals surface area contributed by atoms with Gasteiger partial charge in [0.15, 0.2) is 0 Å². The van der Waals surface area contributed by atoms with Gasteiger partial charge in [0.25, 0.3) is 5.91 Å². The van der Waals surface area contributed by atoms with Crippen molar-refractivity contribution in [2.75, 3.05) is 11.9 Å². The van der Waals surface area contributed by atoms with Crippen molar-refractivity contribution in [3.05, 3.63) is 24.0 Å². The topological polar surface area (TPSA) is 54.0 Å². The molecule has 0 spiro atoms. The molecule has 2 N–H and O–H groups in total. The van der Waals surface area contributed by atoms with Crippen LogP contribution >= 0.6 is 0 Å². The van der Waals surface area contributed by atoms with Crippen molar-refractivity contribution >= 4 is 11.6 Å². The highest BCUT2D eigenvalue weighted by Gasteiger charge is 2.07. The number of amides is 1. The number of hydrogen-bond donors (Lipinski definition) is 2. The van der Waals surface area contributed by atoms with E-state index in [9.17, 15) is 4.79 Å². The summed E-state index contributed by atoms with van der Waals surface area (Å²) in [5.74, 6) is -0.128. The summed E-state index contributed by atoms with van der Waals surface area (Å²) in [6.07, 6.45) is 2.75. The number of hydrogen-bond acceptors (Lipinski definition) is 3. The lowest BCUT2D eigenvalue weighted by Gasteiger charge is -2.08. The van der Waals surface area contributed by atoms with Crippen molar-refractivity contribution in [1.29, 1.82) is 0 Å². The minimum atomic E-state index is -0.128. The van der Waals surface area contributed by atoms with Crippen molar-refractivity contribution < 1.29 is 4.79 Å². The molecule has 0 aromatic carbocycles. The highest BCUT2D eigenvalue weighted by Crippen LogP contribution is 2.06. The summed E-state index contributed by atoms with van der Waals surface area (Å²) < 4.78 is 0.